The highest BCUT2D eigenvalue weighted by molar-refractivity contribution is 5.67. The average molecular weight is 357 g/mol. The van der Waals surface area contributed by atoms with Crippen molar-refractivity contribution in [1.29, 1.82) is 0 Å². The molecule has 132 valence electrons. The van der Waals surface area contributed by atoms with Gasteiger partial charge < -0.3 is 4.74 Å². The van der Waals surface area contributed by atoms with E-state index in [2.05, 4.69) is 14.8 Å². The van der Waals surface area contributed by atoms with Gasteiger partial charge in [0.25, 0.3) is 5.92 Å². The number of aryl methyl sites for hydroxylation is 1. The van der Waals surface area contributed by atoms with E-state index in [1.54, 1.807) is 13.0 Å². The van der Waals surface area contributed by atoms with Gasteiger partial charge in [0.2, 0.25) is 0 Å². The van der Waals surface area contributed by atoms with Gasteiger partial charge in [0, 0.05) is 18.7 Å². The molecule has 0 saturated carbocycles. The molecule has 0 fully saturated rings. The Labute approximate surface area is 138 Å². The second-order valence-electron chi connectivity index (χ2n) is 5.55. The SMILES string of the molecule is Cc1cc(OC(F)(F)F)ccc1-c1ccn2ncc(C(C)(F)F)c2n1. The monoisotopic (exact) mass is 357 g/mol. The lowest BCUT2D eigenvalue weighted by atomic mass is 10.1. The average Bonchev–Trinajstić information content (AvgIpc) is 2.88. The number of rotatable bonds is 3. The summed E-state index contributed by atoms with van der Waals surface area (Å²) in [5.41, 5.74) is 0.963. The first kappa shape index (κ1) is 17.1. The molecule has 1 aromatic carbocycles. The van der Waals surface area contributed by atoms with Gasteiger partial charge in [-0.1, -0.05) is 0 Å². The Morgan fingerprint density at radius 1 is 1.08 bits per heavy atom. The maximum Gasteiger partial charge on any atom is 0.573 e. The highest BCUT2D eigenvalue weighted by atomic mass is 19.4. The summed E-state index contributed by atoms with van der Waals surface area (Å²) in [6.45, 7) is 2.32. The van der Waals surface area contributed by atoms with Gasteiger partial charge in [-0.25, -0.2) is 18.3 Å². The molecule has 4 nitrogen and oxygen atoms in total. The molecule has 0 aliphatic carbocycles. The van der Waals surface area contributed by atoms with E-state index in [9.17, 15) is 22.0 Å². The summed E-state index contributed by atoms with van der Waals surface area (Å²) in [6.07, 6.45) is -2.28. The Kier molecular flexibility index (Phi) is 3.89. The van der Waals surface area contributed by atoms with Gasteiger partial charge in [-0.15, -0.1) is 13.2 Å². The Balaban J connectivity index is 2.04. The first-order valence-electron chi connectivity index (χ1n) is 7.14. The van der Waals surface area contributed by atoms with Crippen LogP contribution in [0.2, 0.25) is 0 Å². The number of aromatic nitrogens is 3. The molecule has 0 spiro atoms. The Bertz CT molecular complexity index is 928. The van der Waals surface area contributed by atoms with Crippen LogP contribution in [0.25, 0.3) is 16.9 Å². The summed E-state index contributed by atoms with van der Waals surface area (Å²) in [5, 5.41) is 3.83. The van der Waals surface area contributed by atoms with Crippen molar-refractivity contribution in [1.82, 2.24) is 14.6 Å². The predicted molar refractivity (Wildman–Crippen MR) is 79.4 cm³/mol. The zero-order valence-corrected chi connectivity index (χ0v) is 13.1. The minimum Gasteiger partial charge on any atom is -0.406 e. The molecule has 0 atom stereocenters. The summed E-state index contributed by atoms with van der Waals surface area (Å²) in [5.74, 6) is -3.48. The second-order valence-corrected chi connectivity index (χ2v) is 5.55. The molecule has 3 rings (SSSR count). The lowest BCUT2D eigenvalue weighted by molar-refractivity contribution is -0.274. The number of hydrogen-bond donors (Lipinski definition) is 0. The lowest BCUT2D eigenvalue weighted by Gasteiger charge is -2.12. The molecule has 2 aromatic heterocycles. The van der Waals surface area contributed by atoms with E-state index in [1.165, 1.54) is 22.8 Å². The van der Waals surface area contributed by atoms with Crippen LogP contribution in [-0.4, -0.2) is 21.0 Å². The lowest BCUT2D eigenvalue weighted by Crippen LogP contribution is -2.17. The summed E-state index contributed by atoms with van der Waals surface area (Å²) in [7, 11) is 0. The number of ether oxygens (including phenoxy) is 1. The Morgan fingerprint density at radius 3 is 2.40 bits per heavy atom. The first-order chi connectivity index (χ1) is 11.5. The van der Waals surface area contributed by atoms with E-state index < -0.39 is 12.3 Å². The molecular weight excluding hydrogens is 345 g/mol. The van der Waals surface area contributed by atoms with E-state index in [-0.39, 0.29) is 17.0 Å². The minimum absolute atomic E-state index is 0.0139. The molecule has 0 saturated heterocycles. The number of halogens is 5. The standard InChI is InChI=1S/C16H12F5N3O/c1-9-7-10(25-16(19,20)21)3-4-11(9)13-5-6-24-14(23-13)12(8-22-24)15(2,17)18/h3-8H,1-2H3. The van der Waals surface area contributed by atoms with E-state index in [1.807, 2.05) is 0 Å². The third-order valence-electron chi connectivity index (χ3n) is 3.55. The molecule has 2 heterocycles. The summed E-state index contributed by atoms with van der Waals surface area (Å²) in [6, 6.07) is 5.30. The van der Waals surface area contributed by atoms with E-state index in [4.69, 9.17) is 0 Å². The third kappa shape index (κ3) is 3.54. The predicted octanol–water partition coefficient (Wildman–Crippen LogP) is 4.72. The zero-order valence-electron chi connectivity index (χ0n) is 13.1. The van der Waals surface area contributed by atoms with Crippen LogP contribution >= 0.6 is 0 Å². The van der Waals surface area contributed by atoms with Crippen molar-refractivity contribution in [2.45, 2.75) is 26.1 Å². The van der Waals surface area contributed by atoms with Crippen molar-refractivity contribution in [2.75, 3.05) is 0 Å². The van der Waals surface area contributed by atoms with Crippen LogP contribution in [-0.2, 0) is 5.92 Å². The normalized spacial score (nSPS) is 12.6. The van der Waals surface area contributed by atoms with Crippen LogP contribution in [0.15, 0.2) is 36.7 Å². The molecule has 9 heteroatoms. The molecule has 0 unspecified atom stereocenters. The summed E-state index contributed by atoms with van der Waals surface area (Å²) in [4.78, 5) is 4.19. The second kappa shape index (κ2) is 5.68. The molecule has 3 aromatic rings. The molecule has 0 radical (unpaired) electrons. The molecule has 0 amide bonds. The molecule has 0 aliphatic heterocycles. The van der Waals surface area contributed by atoms with E-state index in [0.29, 0.717) is 16.8 Å². The van der Waals surface area contributed by atoms with Gasteiger partial charge in [-0.3, -0.25) is 0 Å². The van der Waals surface area contributed by atoms with Gasteiger partial charge in [-0.2, -0.15) is 5.10 Å². The number of hydrogen-bond acceptors (Lipinski definition) is 3. The van der Waals surface area contributed by atoms with E-state index in [0.717, 1.165) is 19.2 Å². The maximum absolute atomic E-state index is 13.6. The highest BCUT2D eigenvalue weighted by Gasteiger charge is 2.31. The van der Waals surface area contributed by atoms with Crippen molar-refractivity contribution in [3.8, 4) is 17.0 Å². The maximum atomic E-state index is 13.6. The molecule has 0 N–H and O–H groups in total. The number of benzene rings is 1. The molecular formula is C16H12F5N3O. The zero-order chi connectivity index (χ0) is 18.4. The van der Waals surface area contributed by atoms with Crippen molar-refractivity contribution in [3.05, 3.63) is 47.8 Å². The quantitative estimate of drug-likeness (QED) is 0.637. The van der Waals surface area contributed by atoms with Gasteiger partial charge >= 0.3 is 6.36 Å². The fourth-order valence-electron chi connectivity index (χ4n) is 2.45. The fraction of sp³-hybridized carbons (Fsp3) is 0.250. The Hall–Kier alpha value is -2.71. The van der Waals surface area contributed by atoms with Gasteiger partial charge in [-0.05, 0) is 36.8 Å². The van der Waals surface area contributed by atoms with Crippen LogP contribution in [0.3, 0.4) is 0 Å². The number of fused-ring (bicyclic) bond motifs is 1. The van der Waals surface area contributed by atoms with Gasteiger partial charge in [0.05, 0.1) is 17.5 Å². The third-order valence-corrected chi connectivity index (χ3v) is 3.55. The van der Waals surface area contributed by atoms with Crippen molar-refractivity contribution >= 4 is 5.65 Å². The number of alkyl halides is 5. The van der Waals surface area contributed by atoms with Crippen LogP contribution in [0, 0.1) is 6.92 Å². The van der Waals surface area contributed by atoms with Crippen LogP contribution in [0.1, 0.15) is 18.1 Å². The topological polar surface area (TPSA) is 39.4 Å². The largest absolute Gasteiger partial charge is 0.573 e. The van der Waals surface area contributed by atoms with Crippen LogP contribution < -0.4 is 4.74 Å². The highest BCUT2D eigenvalue weighted by Crippen LogP contribution is 2.32. The van der Waals surface area contributed by atoms with Gasteiger partial charge in [0.15, 0.2) is 5.65 Å². The van der Waals surface area contributed by atoms with Crippen molar-refractivity contribution in [2.24, 2.45) is 0 Å². The van der Waals surface area contributed by atoms with Gasteiger partial charge in [0.1, 0.15) is 5.75 Å². The fourth-order valence-corrected chi connectivity index (χ4v) is 2.45. The van der Waals surface area contributed by atoms with Crippen molar-refractivity contribution in [3.63, 3.8) is 0 Å². The molecule has 25 heavy (non-hydrogen) atoms. The molecule has 0 bridgehead atoms. The smallest absolute Gasteiger partial charge is 0.406 e. The van der Waals surface area contributed by atoms with Crippen molar-refractivity contribution < 1.29 is 26.7 Å². The van der Waals surface area contributed by atoms with Crippen LogP contribution in [0.4, 0.5) is 22.0 Å². The number of nitrogens with zero attached hydrogens (tertiary/aromatic N) is 3. The van der Waals surface area contributed by atoms with E-state index >= 15 is 0 Å². The first-order valence-corrected chi connectivity index (χ1v) is 7.14. The summed E-state index contributed by atoms with van der Waals surface area (Å²) < 4.78 is 69.2. The molecule has 0 aliphatic rings. The van der Waals surface area contributed by atoms with Crippen LogP contribution in [0.5, 0.6) is 5.75 Å². The minimum atomic E-state index is -4.79. The summed E-state index contributed by atoms with van der Waals surface area (Å²) >= 11 is 0. The Morgan fingerprint density at radius 2 is 1.80 bits per heavy atom.